The molecule has 0 aromatic heterocycles. The summed E-state index contributed by atoms with van der Waals surface area (Å²) in [6, 6.07) is 26.1. The molecule has 0 spiro atoms. The van der Waals surface area contributed by atoms with Crippen molar-refractivity contribution in [2.75, 3.05) is 4.90 Å². The molecule has 0 fully saturated rings. The minimum absolute atomic E-state index is 0.343. The van der Waals surface area contributed by atoms with Gasteiger partial charge in [0.15, 0.2) is 11.7 Å². The summed E-state index contributed by atoms with van der Waals surface area (Å²) in [6.07, 6.45) is -1.20. The molecule has 2 unspecified atom stereocenters. The lowest BCUT2D eigenvalue weighted by atomic mass is 9.76. The third-order valence-electron chi connectivity index (χ3n) is 5.97. The van der Waals surface area contributed by atoms with E-state index < -0.39 is 23.5 Å². The van der Waals surface area contributed by atoms with Gasteiger partial charge >= 0.3 is 0 Å². The second kappa shape index (κ2) is 8.40. The summed E-state index contributed by atoms with van der Waals surface area (Å²) < 4.78 is 0. The van der Waals surface area contributed by atoms with Crippen LogP contribution < -0.4 is 16.4 Å². The average Bonchev–Trinajstić information content (AvgIpc) is 2.91. The predicted octanol–water partition coefficient (Wildman–Crippen LogP) is 3.19. The Morgan fingerprint density at radius 3 is 2.09 bits per heavy atom. The van der Waals surface area contributed by atoms with Gasteiger partial charge in [0, 0.05) is 11.1 Å². The maximum atomic E-state index is 13.8. The highest BCUT2D eigenvalue weighted by Gasteiger charge is 2.52. The molecule has 0 aliphatic carbocycles. The van der Waals surface area contributed by atoms with E-state index in [2.05, 4.69) is 4.99 Å². The highest BCUT2D eigenvalue weighted by molar-refractivity contribution is 6.21. The minimum Gasteiger partial charge on any atom is -0.367 e. The number of benzodiazepines with no additional fused rings is 1. The van der Waals surface area contributed by atoms with Crippen LogP contribution in [0.15, 0.2) is 89.9 Å². The first-order chi connectivity index (χ1) is 15.4. The van der Waals surface area contributed by atoms with Crippen LogP contribution in [0.25, 0.3) is 0 Å². The lowest BCUT2D eigenvalue weighted by Crippen LogP contribution is -2.63. The summed E-state index contributed by atoms with van der Waals surface area (Å²) >= 11 is 0. The van der Waals surface area contributed by atoms with E-state index in [4.69, 9.17) is 11.5 Å². The van der Waals surface area contributed by atoms with Crippen LogP contribution in [-0.4, -0.2) is 23.7 Å². The van der Waals surface area contributed by atoms with Crippen LogP contribution in [0.2, 0.25) is 0 Å². The summed E-state index contributed by atoms with van der Waals surface area (Å²) in [6.45, 7) is 3.76. The number of primary amides is 1. The summed E-state index contributed by atoms with van der Waals surface area (Å²) in [5.41, 5.74) is 14.3. The molecule has 0 saturated heterocycles. The number of amides is 2. The normalized spacial score (nSPS) is 17.9. The lowest BCUT2D eigenvalue weighted by Gasteiger charge is -2.45. The highest BCUT2D eigenvalue weighted by atomic mass is 16.2. The summed E-state index contributed by atoms with van der Waals surface area (Å²) in [4.78, 5) is 33.1. The van der Waals surface area contributed by atoms with Gasteiger partial charge in [-0.3, -0.25) is 19.5 Å². The molecule has 2 amide bonds. The SMILES string of the molecule is CC(C)C(C(N)=O)(c1ccccc1)N1C(=O)C(N)N=C(c2ccccc2)c2ccccc21. The van der Waals surface area contributed by atoms with Gasteiger partial charge in [0.25, 0.3) is 5.91 Å². The third-order valence-corrected chi connectivity index (χ3v) is 5.97. The molecule has 2 atom stereocenters. The van der Waals surface area contributed by atoms with Crippen LogP contribution in [-0.2, 0) is 15.1 Å². The van der Waals surface area contributed by atoms with Crippen molar-refractivity contribution in [2.24, 2.45) is 22.4 Å². The third kappa shape index (κ3) is 3.29. The van der Waals surface area contributed by atoms with E-state index in [-0.39, 0.29) is 5.92 Å². The Kier molecular flexibility index (Phi) is 5.63. The van der Waals surface area contributed by atoms with Crippen molar-refractivity contribution in [1.29, 1.82) is 0 Å². The van der Waals surface area contributed by atoms with Gasteiger partial charge in [0.1, 0.15) is 0 Å². The number of rotatable bonds is 5. The van der Waals surface area contributed by atoms with Gasteiger partial charge in [-0.05, 0) is 17.5 Å². The smallest absolute Gasteiger partial charge is 0.267 e. The molecule has 1 heterocycles. The zero-order valence-electron chi connectivity index (χ0n) is 18.1. The van der Waals surface area contributed by atoms with Crippen LogP contribution in [0.4, 0.5) is 5.69 Å². The number of anilines is 1. The van der Waals surface area contributed by atoms with Crippen molar-refractivity contribution in [1.82, 2.24) is 0 Å². The molecule has 6 nitrogen and oxygen atoms in total. The van der Waals surface area contributed by atoms with Crippen LogP contribution in [0.1, 0.15) is 30.5 Å². The van der Waals surface area contributed by atoms with Gasteiger partial charge in [-0.1, -0.05) is 92.7 Å². The van der Waals surface area contributed by atoms with Gasteiger partial charge in [-0.2, -0.15) is 0 Å². The molecule has 32 heavy (non-hydrogen) atoms. The molecular formula is C26H26N4O2. The molecule has 6 heteroatoms. The summed E-state index contributed by atoms with van der Waals surface area (Å²) in [7, 11) is 0. The van der Waals surface area contributed by atoms with Crippen molar-refractivity contribution in [3.63, 3.8) is 0 Å². The van der Waals surface area contributed by atoms with Crippen LogP contribution in [0.3, 0.4) is 0 Å². The second-order valence-electron chi connectivity index (χ2n) is 8.13. The van der Waals surface area contributed by atoms with Crippen molar-refractivity contribution in [3.8, 4) is 0 Å². The monoisotopic (exact) mass is 426 g/mol. The number of benzene rings is 3. The van der Waals surface area contributed by atoms with Crippen molar-refractivity contribution < 1.29 is 9.59 Å². The van der Waals surface area contributed by atoms with Crippen molar-refractivity contribution in [2.45, 2.75) is 25.6 Å². The molecule has 0 saturated carbocycles. The quantitative estimate of drug-likeness (QED) is 0.655. The Bertz CT molecular complexity index is 1170. The van der Waals surface area contributed by atoms with Gasteiger partial charge in [0.05, 0.1) is 11.4 Å². The Labute approximate surface area is 187 Å². The van der Waals surface area contributed by atoms with E-state index in [1.165, 1.54) is 4.90 Å². The second-order valence-corrected chi connectivity index (χ2v) is 8.13. The number of para-hydroxylation sites is 1. The van der Waals surface area contributed by atoms with E-state index in [9.17, 15) is 9.59 Å². The molecule has 162 valence electrons. The minimum atomic E-state index is -1.45. The summed E-state index contributed by atoms with van der Waals surface area (Å²) in [5.74, 6) is -1.46. The summed E-state index contributed by atoms with van der Waals surface area (Å²) in [5, 5.41) is 0. The zero-order chi connectivity index (χ0) is 22.9. The first kappa shape index (κ1) is 21.5. The predicted molar refractivity (Wildman–Crippen MR) is 126 cm³/mol. The highest BCUT2D eigenvalue weighted by Crippen LogP contribution is 2.42. The fraction of sp³-hybridized carbons (Fsp3) is 0.192. The maximum absolute atomic E-state index is 13.8. The number of carbonyl (C=O) groups is 2. The Morgan fingerprint density at radius 2 is 1.50 bits per heavy atom. The zero-order valence-corrected chi connectivity index (χ0v) is 18.1. The standard InChI is InChI=1S/C26H26N4O2/c1-17(2)26(25(28)32,19-13-7-4-8-14-19)30-21-16-10-9-15-20(21)22(29-23(27)24(30)31)18-11-5-3-6-12-18/h3-17,23H,27H2,1-2H3,(H2,28,32). The molecule has 4 N–H and O–H groups in total. The van der Waals surface area contributed by atoms with E-state index in [0.29, 0.717) is 22.5 Å². The maximum Gasteiger partial charge on any atom is 0.267 e. The van der Waals surface area contributed by atoms with Crippen molar-refractivity contribution >= 4 is 23.2 Å². The first-order valence-electron chi connectivity index (χ1n) is 10.6. The van der Waals surface area contributed by atoms with Crippen LogP contribution in [0.5, 0.6) is 0 Å². The van der Waals surface area contributed by atoms with E-state index in [0.717, 1.165) is 5.56 Å². The van der Waals surface area contributed by atoms with Gasteiger partial charge in [-0.15, -0.1) is 0 Å². The molecule has 4 rings (SSSR count). The van der Waals surface area contributed by atoms with Gasteiger partial charge in [0.2, 0.25) is 5.91 Å². The van der Waals surface area contributed by atoms with Crippen molar-refractivity contribution in [3.05, 3.63) is 102 Å². The number of hydrogen-bond acceptors (Lipinski definition) is 4. The largest absolute Gasteiger partial charge is 0.367 e. The molecular weight excluding hydrogens is 400 g/mol. The lowest BCUT2D eigenvalue weighted by molar-refractivity contribution is -0.130. The molecule has 1 aliphatic heterocycles. The number of nitrogens with two attached hydrogens (primary N) is 2. The number of nitrogens with zero attached hydrogens (tertiary/aromatic N) is 2. The number of carbonyl (C=O) groups excluding carboxylic acids is 2. The van der Waals surface area contributed by atoms with Crippen LogP contribution >= 0.6 is 0 Å². The molecule has 1 aliphatic rings. The fourth-order valence-corrected chi connectivity index (χ4v) is 4.52. The molecule has 3 aromatic carbocycles. The number of aliphatic imine (C=N–C) groups is 1. The van der Waals surface area contributed by atoms with Gasteiger partial charge < -0.3 is 11.5 Å². The van der Waals surface area contributed by atoms with E-state index >= 15 is 0 Å². The molecule has 0 radical (unpaired) electrons. The first-order valence-corrected chi connectivity index (χ1v) is 10.6. The van der Waals surface area contributed by atoms with E-state index in [1.807, 2.05) is 98.8 Å². The average molecular weight is 427 g/mol. The number of hydrogen-bond donors (Lipinski definition) is 2. The Balaban J connectivity index is 2.05. The van der Waals surface area contributed by atoms with Gasteiger partial charge in [-0.25, -0.2) is 0 Å². The number of fused-ring (bicyclic) bond motifs is 1. The van der Waals surface area contributed by atoms with Crippen LogP contribution in [0, 0.1) is 5.92 Å². The Hall–Kier alpha value is -3.77. The Morgan fingerprint density at radius 1 is 0.938 bits per heavy atom. The fourth-order valence-electron chi connectivity index (χ4n) is 4.52. The molecule has 3 aromatic rings. The topological polar surface area (TPSA) is 102 Å². The molecule has 0 bridgehead atoms. The van der Waals surface area contributed by atoms with E-state index in [1.54, 1.807) is 0 Å².